The third-order valence-electron chi connectivity index (χ3n) is 3.29. The van der Waals surface area contributed by atoms with Crippen LogP contribution < -0.4 is 11.1 Å². The van der Waals surface area contributed by atoms with Crippen LogP contribution in [0.3, 0.4) is 0 Å². The standard InChI is InChI=1S/C14H20ClN3.HI/c1-10(2)18-13(16)17-9-14(7-8-14)11-5-3-4-6-12(11)15;/h3-6,10H,7-9H2,1-2H3,(H3,16,17,18);1H. The molecule has 0 bridgehead atoms. The van der Waals surface area contributed by atoms with Gasteiger partial charge in [0, 0.05) is 16.5 Å². The predicted octanol–water partition coefficient (Wildman–Crippen LogP) is 3.30. The minimum Gasteiger partial charge on any atom is -0.370 e. The van der Waals surface area contributed by atoms with Gasteiger partial charge in [0.25, 0.3) is 0 Å². The van der Waals surface area contributed by atoms with Crippen molar-refractivity contribution in [3.63, 3.8) is 0 Å². The lowest BCUT2D eigenvalue weighted by Crippen LogP contribution is -2.37. The van der Waals surface area contributed by atoms with Gasteiger partial charge in [0.1, 0.15) is 0 Å². The van der Waals surface area contributed by atoms with Crippen LogP contribution in [-0.4, -0.2) is 18.5 Å². The smallest absolute Gasteiger partial charge is 0.188 e. The largest absolute Gasteiger partial charge is 0.370 e. The zero-order valence-electron chi connectivity index (χ0n) is 11.3. The number of nitrogens with zero attached hydrogens (tertiary/aromatic N) is 1. The lowest BCUT2D eigenvalue weighted by Gasteiger charge is -2.16. The Kier molecular flexibility index (Phi) is 5.92. The quantitative estimate of drug-likeness (QED) is 0.468. The first-order valence-corrected chi connectivity index (χ1v) is 6.73. The lowest BCUT2D eigenvalue weighted by molar-refractivity contribution is 0.684. The number of hydrogen-bond donors (Lipinski definition) is 2. The van der Waals surface area contributed by atoms with Crippen molar-refractivity contribution >= 4 is 41.5 Å². The van der Waals surface area contributed by atoms with E-state index in [1.54, 1.807) is 0 Å². The fourth-order valence-electron chi connectivity index (χ4n) is 2.13. The van der Waals surface area contributed by atoms with E-state index in [1.807, 2.05) is 32.0 Å². The molecule has 1 aromatic rings. The van der Waals surface area contributed by atoms with E-state index in [9.17, 15) is 0 Å². The summed E-state index contributed by atoms with van der Waals surface area (Å²) in [5.74, 6) is 0.517. The van der Waals surface area contributed by atoms with Crippen molar-refractivity contribution in [2.24, 2.45) is 10.7 Å². The highest BCUT2D eigenvalue weighted by molar-refractivity contribution is 14.0. The fraction of sp³-hybridized carbons (Fsp3) is 0.500. The molecule has 19 heavy (non-hydrogen) atoms. The van der Waals surface area contributed by atoms with Crippen LogP contribution in [-0.2, 0) is 5.41 Å². The molecule has 3 N–H and O–H groups in total. The summed E-state index contributed by atoms with van der Waals surface area (Å²) in [5.41, 5.74) is 7.15. The highest BCUT2D eigenvalue weighted by Crippen LogP contribution is 2.50. The average Bonchev–Trinajstić information content (AvgIpc) is 3.07. The summed E-state index contributed by atoms with van der Waals surface area (Å²) >= 11 is 6.25. The maximum absolute atomic E-state index is 6.25. The van der Waals surface area contributed by atoms with Gasteiger partial charge < -0.3 is 11.1 Å². The van der Waals surface area contributed by atoms with Gasteiger partial charge in [-0.1, -0.05) is 29.8 Å². The van der Waals surface area contributed by atoms with Crippen LogP contribution >= 0.6 is 35.6 Å². The van der Waals surface area contributed by atoms with Gasteiger partial charge in [-0.3, -0.25) is 4.99 Å². The number of hydrogen-bond acceptors (Lipinski definition) is 1. The van der Waals surface area contributed by atoms with Gasteiger partial charge in [0.05, 0.1) is 6.54 Å². The molecular weight excluding hydrogens is 373 g/mol. The SMILES string of the molecule is CC(C)NC(N)=NCC1(c2ccccc2Cl)CC1.I. The Bertz CT molecular complexity index is 456. The predicted molar refractivity (Wildman–Crippen MR) is 92.5 cm³/mol. The molecule has 2 rings (SSSR count). The minimum absolute atomic E-state index is 0. The van der Waals surface area contributed by atoms with Crippen molar-refractivity contribution in [3.05, 3.63) is 34.9 Å². The van der Waals surface area contributed by atoms with Gasteiger partial charge in [-0.15, -0.1) is 24.0 Å². The summed E-state index contributed by atoms with van der Waals surface area (Å²) in [6, 6.07) is 8.33. The summed E-state index contributed by atoms with van der Waals surface area (Å²) in [7, 11) is 0. The Morgan fingerprint density at radius 2 is 2.05 bits per heavy atom. The number of rotatable bonds is 4. The molecule has 1 aliphatic rings. The highest BCUT2D eigenvalue weighted by Gasteiger charge is 2.45. The molecule has 1 aromatic carbocycles. The third kappa shape index (κ3) is 4.24. The van der Waals surface area contributed by atoms with E-state index in [2.05, 4.69) is 16.4 Å². The van der Waals surface area contributed by atoms with Crippen LogP contribution in [0.4, 0.5) is 0 Å². The topological polar surface area (TPSA) is 50.4 Å². The summed E-state index contributed by atoms with van der Waals surface area (Å²) < 4.78 is 0. The van der Waals surface area contributed by atoms with Crippen molar-refractivity contribution < 1.29 is 0 Å². The number of halogens is 2. The second-order valence-corrected chi connectivity index (χ2v) is 5.67. The molecular formula is C14H21ClIN3. The zero-order chi connectivity index (χ0) is 13.2. The van der Waals surface area contributed by atoms with Crippen molar-refractivity contribution in [2.75, 3.05) is 6.54 Å². The number of benzene rings is 1. The summed E-state index contributed by atoms with van der Waals surface area (Å²) in [5, 5.41) is 3.94. The van der Waals surface area contributed by atoms with Gasteiger partial charge in [0.15, 0.2) is 5.96 Å². The molecule has 0 amide bonds. The van der Waals surface area contributed by atoms with E-state index in [0.29, 0.717) is 18.5 Å². The summed E-state index contributed by atoms with van der Waals surface area (Å²) in [4.78, 5) is 4.44. The Morgan fingerprint density at radius 3 is 2.58 bits per heavy atom. The number of guanidine groups is 1. The molecule has 0 unspecified atom stereocenters. The maximum Gasteiger partial charge on any atom is 0.188 e. The van der Waals surface area contributed by atoms with Crippen LogP contribution in [0.15, 0.2) is 29.3 Å². The van der Waals surface area contributed by atoms with Gasteiger partial charge in [-0.25, -0.2) is 0 Å². The zero-order valence-corrected chi connectivity index (χ0v) is 14.4. The molecule has 1 aliphatic carbocycles. The molecule has 106 valence electrons. The molecule has 0 saturated heterocycles. The molecule has 0 aliphatic heterocycles. The van der Waals surface area contributed by atoms with E-state index < -0.39 is 0 Å². The Hall–Kier alpha value is -0.490. The second kappa shape index (κ2) is 6.79. The van der Waals surface area contributed by atoms with Crippen LogP contribution in [0.1, 0.15) is 32.3 Å². The van der Waals surface area contributed by atoms with Gasteiger partial charge in [-0.2, -0.15) is 0 Å². The normalized spacial score (nSPS) is 16.9. The Morgan fingerprint density at radius 1 is 1.42 bits per heavy atom. The fourth-order valence-corrected chi connectivity index (χ4v) is 2.47. The van der Waals surface area contributed by atoms with Gasteiger partial charge >= 0.3 is 0 Å². The monoisotopic (exact) mass is 393 g/mol. The van der Waals surface area contributed by atoms with Crippen LogP contribution in [0.5, 0.6) is 0 Å². The van der Waals surface area contributed by atoms with E-state index in [1.165, 1.54) is 5.56 Å². The van der Waals surface area contributed by atoms with E-state index in [4.69, 9.17) is 17.3 Å². The average molecular weight is 394 g/mol. The molecule has 0 atom stereocenters. The van der Waals surface area contributed by atoms with Crippen molar-refractivity contribution in [2.45, 2.75) is 38.1 Å². The Balaban J connectivity index is 0.00000180. The molecule has 1 fully saturated rings. The van der Waals surface area contributed by atoms with Crippen molar-refractivity contribution in [1.29, 1.82) is 0 Å². The van der Waals surface area contributed by atoms with E-state index >= 15 is 0 Å². The first kappa shape index (κ1) is 16.6. The summed E-state index contributed by atoms with van der Waals surface area (Å²) in [6.45, 7) is 4.80. The number of aliphatic imine (C=N–C) groups is 1. The highest BCUT2D eigenvalue weighted by atomic mass is 127. The summed E-state index contributed by atoms with van der Waals surface area (Å²) in [6.07, 6.45) is 2.27. The first-order valence-electron chi connectivity index (χ1n) is 6.35. The third-order valence-corrected chi connectivity index (χ3v) is 3.62. The first-order chi connectivity index (χ1) is 8.53. The molecule has 5 heteroatoms. The second-order valence-electron chi connectivity index (χ2n) is 5.26. The Labute approximate surface area is 137 Å². The van der Waals surface area contributed by atoms with Crippen molar-refractivity contribution in [1.82, 2.24) is 5.32 Å². The van der Waals surface area contributed by atoms with Crippen LogP contribution in [0.2, 0.25) is 5.02 Å². The molecule has 1 saturated carbocycles. The maximum atomic E-state index is 6.25. The molecule has 3 nitrogen and oxygen atoms in total. The van der Waals surface area contributed by atoms with Gasteiger partial charge in [0.2, 0.25) is 0 Å². The van der Waals surface area contributed by atoms with E-state index in [-0.39, 0.29) is 29.4 Å². The number of nitrogens with one attached hydrogen (secondary N) is 1. The minimum atomic E-state index is 0. The van der Waals surface area contributed by atoms with Crippen molar-refractivity contribution in [3.8, 4) is 0 Å². The molecule has 0 heterocycles. The lowest BCUT2D eigenvalue weighted by atomic mass is 9.96. The number of nitrogens with two attached hydrogens (primary N) is 1. The van der Waals surface area contributed by atoms with Gasteiger partial charge in [-0.05, 0) is 38.3 Å². The molecule has 0 radical (unpaired) electrons. The molecule has 0 spiro atoms. The van der Waals surface area contributed by atoms with E-state index in [0.717, 1.165) is 17.9 Å². The molecule has 0 aromatic heterocycles. The van der Waals surface area contributed by atoms with Crippen LogP contribution in [0.25, 0.3) is 0 Å². The van der Waals surface area contributed by atoms with Crippen LogP contribution in [0, 0.1) is 0 Å².